The van der Waals surface area contributed by atoms with Crippen LogP contribution in [-0.2, 0) is 0 Å². The normalized spacial score (nSPS) is 10.4. The van der Waals surface area contributed by atoms with Crippen molar-refractivity contribution >= 4 is 33.1 Å². The Morgan fingerprint density at radius 1 is 1.12 bits per heavy atom. The summed E-state index contributed by atoms with van der Waals surface area (Å²) in [5.74, 6) is 0.413. The quantitative estimate of drug-likeness (QED) is 0.449. The van der Waals surface area contributed by atoms with Gasteiger partial charge in [-0.1, -0.05) is 28.1 Å². The Bertz CT molecular complexity index is 978. The van der Waals surface area contributed by atoms with E-state index < -0.39 is 4.92 Å². The molecule has 0 saturated carbocycles. The zero-order valence-corrected chi connectivity index (χ0v) is 15.6. The molecule has 132 valence electrons. The zero-order valence-electron chi connectivity index (χ0n) is 14.1. The van der Waals surface area contributed by atoms with Gasteiger partial charge in [-0.15, -0.1) is 0 Å². The molecule has 0 aliphatic rings. The van der Waals surface area contributed by atoms with Crippen molar-refractivity contribution in [1.29, 1.82) is 0 Å². The molecule has 0 bridgehead atoms. The first-order valence-corrected chi connectivity index (χ1v) is 8.50. The highest BCUT2D eigenvalue weighted by atomic mass is 79.9. The summed E-state index contributed by atoms with van der Waals surface area (Å²) in [6, 6.07) is 12.7. The van der Waals surface area contributed by atoms with Gasteiger partial charge in [0.2, 0.25) is 5.82 Å². The fraction of sp³-hybridized carbons (Fsp3) is 0.111. The predicted molar refractivity (Wildman–Crippen MR) is 102 cm³/mol. The molecule has 0 aliphatic heterocycles. The second-order valence-electron chi connectivity index (χ2n) is 5.62. The van der Waals surface area contributed by atoms with Gasteiger partial charge in [-0.3, -0.25) is 10.1 Å². The lowest BCUT2D eigenvalue weighted by molar-refractivity contribution is -0.385. The van der Waals surface area contributed by atoms with E-state index in [-0.39, 0.29) is 17.4 Å². The molecule has 0 spiro atoms. The van der Waals surface area contributed by atoms with E-state index >= 15 is 0 Å². The van der Waals surface area contributed by atoms with Gasteiger partial charge < -0.3 is 10.1 Å². The molecule has 8 heteroatoms. The van der Waals surface area contributed by atoms with Gasteiger partial charge in [-0.25, -0.2) is 4.98 Å². The predicted octanol–water partition coefficient (Wildman–Crippen LogP) is 5.30. The van der Waals surface area contributed by atoms with E-state index in [1.807, 2.05) is 38.1 Å². The minimum Gasteiger partial charge on any atom is -0.434 e. The van der Waals surface area contributed by atoms with Crippen LogP contribution < -0.4 is 10.1 Å². The summed E-state index contributed by atoms with van der Waals surface area (Å²) in [7, 11) is 0. The average Bonchev–Trinajstić information content (AvgIpc) is 2.58. The molecular formula is C18H15BrN4O3. The third kappa shape index (κ3) is 3.97. The molecule has 26 heavy (non-hydrogen) atoms. The molecule has 2 aromatic carbocycles. The maximum atomic E-state index is 11.6. The van der Waals surface area contributed by atoms with Crippen LogP contribution in [-0.4, -0.2) is 14.9 Å². The first-order chi connectivity index (χ1) is 12.4. The van der Waals surface area contributed by atoms with Crippen LogP contribution in [0.2, 0.25) is 0 Å². The van der Waals surface area contributed by atoms with Crippen LogP contribution >= 0.6 is 15.9 Å². The van der Waals surface area contributed by atoms with Gasteiger partial charge in [0, 0.05) is 10.2 Å². The maximum absolute atomic E-state index is 11.6. The van der Waals surface area contributed by atoms with Gasteiger partial charge in [0.15, 0.2) is 0 Å². The number of hydrogen-bond donors (Lipinski definition) is 1. The van der Waals surface area contributed by atoms with Crippen molar-refractivity contribution in [3.8, 4) is 11.6 Å². The number of aromatic nitrogens is 2. The van der Waals surface area contributed by atoms with Crippen LogP contribution in [0.3, 0.4) is 0 Å². The molecule has 3 aromatic rings. The van der Waals surface area contributed by atoms with Crippen molar-refractivity contribution in [3.05, 3.63) is 74.5 Å². The molecule has 0 saturated heterocycles. The number of rotatable bonds is 5. The Kier molecular flexibility index (Phi) is 5.13. The monoisotopic (exact) mass is 414 g/mol. The van der Waals surface area contributed by atoms with E-state index in [1.54, 1.807) is 18.2 Å². The van der Waals surface area contributed by atoms with Crippen molar-refractivity contribution in [3.63, 3.8) is 0 Å². The number of nitrogens with one attached hydrogen (secondary N) is 1. The zero-order chi connectivity index (χ0) is 18.7. The standard InChI is InChI=1S/C18H15BrN4O3/c1-11-6-7-15(8-12(11)2)26-18-16(23(24)25)17(20-10-21-18)22-14-5-3-4-13(19)9-14/h3-10H,1-2H3,(H,20,21,22). The summed E-state index contributed by atoms with van der Waals surface area (Å²) in [6.45, 7) is 3.92. The maximum Gasteiger partial charge on any atom is 0.373 e. The van der Waals surface area contributed by atoms with E-state index in [2.05, 4.69) is 31.2 Å². The summed E-state index contributed by atoms with van der Waals surface area (Å²) in [5, 5.41) is 14.5. The number of halogens is 1. The Balaban J connectivity index is 1.98. The lowest BCUT2D eigenvalue weighted by Crippen LogP contribution is -2.03. The van der Waals surface area contributed by atoms with E-state index in [4.69, 9.17) is 4.74 Å². The summed E-state index contributed by atoms with van der Waals surface area (Å²) < 4.78 is 6.51. The molecule has 0 atom stereocenters. The van der Waals surface area contributed by atoms with E-state index in [0.717, 1.165) is 15.6 Å². The second kappa shape index (κ2) is 7.49. The lowest BCUT2D eigenvalue weighted by Gasteiger charge is -2.10. The van der Waals surface area contributed by atoms with Crippen LogP contribution in [0.25, 0.3) is 0 Å². The van der Waals surface area contributed by atoms with E-state index in [1.165, 1.54) is 6.33 Å². The highest BCUT2D eigenvalue weighted by Gasteiger charge is 2.25. The SMILES string of the molecule is Cc1ccc(Oc2ncnc(Nc3cccc(Br)c3)c2[N+](=O)[O-])cc1C. The number of aryl methyl sites for hydroxylation is 2. The highest BCUT2D eigenvalue weighted by Crippen LogP contribution is 2.36. The molecular weight excluding hydrogens is 400 g/mol. The van der Waals surface area contributed by atoms with Crippen LogP contribution in [0.1, 0.15) is 11.1 Å². The summed E-state index contributed by atoms with van der Waals surface area (Å²) >= 11 is 3.36. The number of hydrogen-bond acceptors (Lipinski definition) is 6. The van der Waals surface area contributed by atoms with Crippen molar-refractivity contribution < 1.29 is 9.66 Å². The average molecular weight is 415 g/mol. The van der Waals surface area contributed by atoms with Crippen LogP contribution in [0.15, 0.2) is 53.3 Å². The van der Waals surface area contributed by atoms with E-state index in [9.17, 15) is 10.1 Å². The third-order valence-corrected chi connectivity index (χ3v) is 4.24. The highest BCUT2D eigenvalue weighted by molar-refractivity contribution is 9.10. The molecule has 1 N–H and O–H groups in total. The number of nitrogens with zero attached hydrogens (tertiary/aromatic N) is 3. The van der Waals surface area contributed by atoms with Gasteiger partial charge in [0.05, 0.1) is 4.92 Å². The van der Waals surface area contributed by atoms with Crippen LogP contribution in [0, 0.1) is 24.0 Å². The van der Waals surface area contributed by atoms with Crippen molar-refractivity contribution in [2.45, 2.75) is 13.8 Å². The van der Waals surface area contributed by atoms with Crippen molar-refractivity contribution in [2.75, 3.05) is 5.32 Å². The molecule has 0 unspecified atom stereocenters. The second-order valence-corrected chi connectivity index (χ2v) is 6.53. The fourth-order valence-electron chi connectivity index (χ4n) is 2.29. The summed E-state index contributed by atoms with van der Waals surface area (Å²) in [5.41, 5.74) is 2.45. The third-order valence-electron chi connectivity index (χ3n) is 3.75. The summed E-state index contributed by atoms with van der Waals surface area (Å²) in [6.07, 6.45) is 1.23. The smallest absolute Gasteiger partial charge is 0.373 e. The minimum absolute atomic E-state index is 0.0573. The molecule has 0 amide bonds. The van der Waals surface area contributed by atoms with Crippen LogP contribution in [0.5, 0.6) is 11.6 Å². The molecule has 0 fully saturated rings. The van der Waals surface area contributed by atoms with Gasteiger partial charge in [0.1, 0.15) is 12.1 Å². The first-order valence-electron chi connectivity index (χ1n) is 7.71. The molecule has 1 heterocycles. The summed E-state index contributed by atoms with van der Waals surface area (Å²) in [4.78, 5) is 19.0. The Hall–Kier alpha value is -3.00. The number of anilines is 2. The van der Waals surface area contributed by atoms with Gasteiger partial charge >= 0.3 is 11.6 Å². The fourth-order valence-corrected chi connectivity index (χ4v) is 2.68. The minimum atomic E-state index is -0.559. The lowest BCUT2D eigenvalue weighted by atomic mass is 10.1. The largest absolute Gasteiger partial charge is 0.434 e. The van der Waals surface area contributed by atoms with Crippen molar-refractivity contribution in [1.82, 2.24) is 9.97 Å². The molecule has 0 radical (unpaired) electrons. The Labute approximate surface area is 158 Å². The molecule has 0 aliphatic carbocycles. The van der Waals surface area contributed by atoms with Crippen molar-refractivity contribution in [2.24, 2.45) is 0 Å². The number of benzene rings is 2. The topological polar surface area (TPSA) is 90.2 Å². The van der Waals surface area contributed by atoms with Gasteiger partial charge in [-0.05, 0) is 55.3 Å². The number of nitro groups is 1. The van der Waals surface area contributed by atoms with Crippen LogP contribution in [0.4, 0.5) is 17.2 Å². The Morgan fingerprint density at radius 3 is 2.62 bits per heavy atom. The first kappa shape index (κ1) is 17.8. The molecule has 1 aromatic heterocycles. The van der Waals surface area contributed by atoms with E-state index in [0.29, 0.717) is 11.4 Å². The molecule has 7 nitrogen and oxygen atoms in total. The Morgan fingerprint density at radius 2 is 1.92 bits per heavy atom. The number of ether oxygens (including phenoxy) is 1. The molecule has 3 rings (SSSR count). The van der Waals surface area contributed by atoms with Gasteiger partial charge in [0.25, 0.3) is 0 Å². The van der Waals surface area contributed by atoms with Gasteiger partial charge in [-0.2, -0.15) is 4.98 Å².